The Morgan fingerprint density at radius 1 is 0.316 bits per heavy atom. The molecule has 0 aliphatic carbocycles. The Bertz CT molecular complexity index is 1850. The first kappa shape index (κ1) is 22.1. The minimum atomic E-state index is 0.664. The predicted octanol–water partition coefficient (Wildman–Crippen LogP) is 8.85. The normalized spacial score (nSPS) is 11.2. The van der Waals surface area contributed by atoms with Crippen molar-refractivity contribution in [1.82, 2.24) is 15.0 Å². The molecule has 178 valence electrons. The molecule has 7 aromatic rings. The van der Waals surface area contributed by atoms with Gasteiger partial charge in [-0.15, -0.1) is 0 Å². The maximum absolute atomic E-state index is 4.98. The molecule has 0 fully saturated rings. The van der Waals surface area contributed by atoms with Crippen LogP contribution < -0.4 is 0 Å². The summed E-state index contributed by atoms with van der Waals surface area (Å²) in [5, 5.41) is 4.73. The van der Waals surface area contributed by atoms with Gasteiger partial charge < -0.3 is 0 Å². The van der Waals surface area contributed by atoms with Crippen LogP contribution in [0.4, 0.5) is 0 Å². The van der Waals surface area contributed by atoms with Crippen molar-refractivity contribution in [2.75, 3.05) is 0 Å². The molecule has 0 radical (unpaired) electrons. The van der Waals surface area contributed by atoms with E-state index in [9.17, 15) is 0 Å². The predicted molar refractivity (Wildman–Crippen MR) is 157 cm³/mol. The first-order valence-corrected chi connectivity index (χ1v) is 12.7. The van der Waals surface area contributed by atoms with Crippen molar-refractivity contribution in [3.05, 3.63) is 140 Å². The fourth-order valence-corrected chi connectivity index (χ4v) is 5.04. The second-order valence-corrected chi connectivity index (χ2v) is 9.31. The third-order valence-electron chi connectivity index (χ3n) is 6.92. The summed E-state index contributed by atoms with van der Waals surface area (Å²) in [6, 6.07) is 48.2. The van der Waals surface area contributed by atoms with E-state index in [1.54, 1.807) is 0 Å². The number of hydrogen-bond donors (Lipinski definition) is 0. The van der Waals surface area contributed by atoms with Gasteiger partial charge in [0.1, 0.15) is 0 Å². The zero-order chi connectivity index (χ0) is 25.3. The van der Waals surface area contributed by atoms with E-state index in [-0.39, 0.29) is 0 Å². The van der Waals surface area contributed by atoms with Crippen LogP contribution in [0.3, 0.4) is 0 Å². The van der Waals surface area contributed by atoms with Crippen molar-refractivity contribution in [3.63, 3.8) is 0 Å². The Balaban J connectivity index is 1.46. The van der Waals surface area contributed by atoms with Crippen molar-refractivity contribution in [2.45, 2.75) is 0 Å². The minimum absolute atomic E-state index is 0.664. The van der Waals surface area contributed by atoms with Gasteiger partial charge in [-0.2, -0.15) is 0 Å². The van der Waals surface area contributed by atoms with E-state index in [4.69, 9.17) is 15.0 Å². The summed E-state index contributed by atoms with van der Waals surface area (Å²) < 4.78 is 0. The zero-order valence-corrected chi connectivity index (χ0v) is 20.6. The molecule has 6 aromatic carbocycles. The average molecular weight is 486 g/mol. The minimum Gasteiger partial charge on any atom is -0.208 e. The van der Waals surface area contributed by atoms with Gasteiger partial charge in [-0.05, 0) is 38.7 Å². The highest BCUT2D eigenvalue weighted by molar-refractivity contribution is 6.02. The van der Waals surface area contributed by atoms with Gasteiger partial charge >= 0.3 is 0 Å². The fourth-order valence-electron chi connectivity index (χ4n) is 5.04. The summed E-state index contributed by atoms with van der Waals surface area (Å²) in [5.41, 5.74) is 5.30. The molecule has 7 rings (SSSR count). The number of hydrogen-bond acceptors (Lipinski definition) is 3. The molecular weight excluding hydrogens is 462 g/mol. The average Bonchev–Trinajstić information content (AvgIpc) is 3.01. The molecule has 0 aliphatic rings. The van der Waals surface area contributed by atoms with Crippen LogP contribution in [0.1, 0.15) is 0 Å². The van der Waals surface area contributed by atoms with Crippen LogP contribution in [0.2, 0.25) is 0 Å². The molecule has 0 amide bonds. The molecule has 1 aromatic heterocycles. The third kappa shape index (κ3) is 4.00. The molecule has 0 N–H and O–H groups in total. The number of benzene rings is 6. The van der Waals surface area contributed by atoms with E-state index in [1.165, 1.54) is 21.9 Å². The van der Waals surface area contributed by atoms with Gasteiger partial charge in [-0.3, -0.25) is 0 Å². The van der Waals surface area contributed by atoms with Gasteiger partial charge in [-0.25, -0.2) is 15.0 Å². The van der Waals surface area contributed by atoms with Gasteiger partial charge in [-0.1, -0.05) is 133 Å². The Morgan fingerprint density at radius 2 is 0.842 bits per heavy atom. The van der Waals surface area contributed by atoms with E-state index in [2.05, 4.69) is 78.9 Å². The Labute approximate surface area is 221 Å². The molecule has 0 saturated heterocycles. The van der Waals surface area contributed by atoms with Gasteiger partial charge in [0.05, 0.1) is 0 Å². The molecule has 0 bridgehead atoms. The van der Waals surface area contributed by atoms with E-state index in [1.807, 2.05) is 60.7 Å². The van der Waals surface area contributed by atoms with E-state index in [0.717, 1.165) is 27.5 Å². The van der Waals surface area contributed by atoms with Crippen molar-refractivity contribution in [3.8, 4) is 45.3 Å². The van der Waals surface area contributed by atoms with Gasteiger partial charge in [0.2, 0.25) is 0 Å². The topological polar surface area (TPSA) is 38.7 Å². The van der Waals surface area contributed by atoms with Crippen molar-refractivity contribution < 1.29 is 0 Å². The Hall–Kier alpha value is -5.15. The number of fused-ring (bicyclic) bond motifs is 2. The van der Waals surface area contributed by atoms with Crippen LogP contribution in [-0.2, 0) is 0 Å². The quantitative estimate of drug-likeness (QED) is 0.250. The van der Waals surface area contributed by atoms with Gasteiger partial charge in [0.25, 0.3) is 0 Å². The summed E-state index contributed by atoms with van der Waals surface area (Å²) >= 11 is 0. The van der Waals surface area contributed by atoms with Crippen LogP contribution in [0.25, 0.3) is 66.8 Å². The standard InChI is InChI=1S/C35H23N3/c1-3-12-26(13-4-1)33-36-34(27-14-5-2-6-15-27)38-35(37-33)31-20-10-17-25-21-22-28(23-32(25)31)30-19-9-16-24-11-7-8-18-29(24)30/h1-23H. The maximum Gasteiger partial charge on any atom is 0.164 e. The summed E-state index contributed by atoms with van der Waals surface area (Å²) in [7, 11) is 0. The first-order chi connectivity index (χ1) is 18.8. The largest absolute Gasteiger partial charge is 0.208 e. The van der Waals surface area contributed by atoms with Crippen molar-refractivity contribution in [2.24, 2.45) is 0 Å². The lowest BCUT2D eigenvalue weighted by molar-refractivity contribution is 1.08. The summed E-state index contributed by atoms with van der Waals surface area (Å²) in [6.45, 7) is 0. The van der Waals surface area contributed by atoms with Crippen molar-refractivity contribution in [1.29, 1.82) is 0 Å². The second kappa shape index (κ2) is 9.38. The highest BCUT2D eigenvalue weighted by atomic mass is 15.0. The lowest BCUT2D eigenvalue weighted by Crippen LogP contribution is -2.00. The number of nitrogens with zero attached hydrogens (tertiary/aromatic N) is 3. The smallest absolute Gasteiger partial charge is 0.164 e. The molecular formula is C35H23N3. The lowest BCUT2D eigenvalue weighted by Gasteiger charge is -2.12. The Morgan fingerprint density at radius 3 is 1.53 bits per heavy atom. The fraction of sp³-hybridized carbons (Fsp3) is 0. The van der Waals surface area contributed by atoms with E-state index < -0.39 is 0 Å². The Kier molecular flexibility index (Phi) is 5.45. The molecule has 0 aliphatic heterocycles. The first-order valence-electron chi connectivity index (χ1n) is 12.7. The summed E-state index contributed by atoms with van der Waals surface area (Å²) in [5.74, 6) is 1.99. The number of aromatic nitrogens is 3. The molecule has 1 heterocycles. The molecule has 38 heavy (non-hydrogen) atoms. The summed E-state index contributed by atoms with van der Waals surface area (Å²) in [6.07, 6.45) is 0. The van der Waals surface area contributed by atoms with Crippen molar-refractivity contribution >= 4 is 21.5 Å². The highest BCUT2D eigenvalue weighted by Crippen LogP contribution is 2.35. The zero-order valence-electron chi connectivity index (χ0n) is 20.6. The molecule has 0 unspecified atom stereocenters. The van der Waals surface area contributed by atoms with Crippen LogP contribution in [0.5, 0.6) is 0 Å². The third-order valence-corrected chi connectivity index (χ3v) is 6.92. The molecule has 3 nitrogen and oxygen atoms in total. The summed E-state index contributed by atoms with van der Waals surface area (Å²) in [4.78, 5) is 14.8. The maximum atomic E-state index is 4.98. The molecule has 0 spiro atoms. The van der Waals surface area contributed by atoms with E-state index in [0.29, 0.717) is 17.5 Å². The number of rotatable bonds is 4. The monoisotopic (exact) mass is 485 g/mol. The second-order valence-electron chi connectivity index (χ2n) is 9.31. The highest BCUT2D eigenvalue weighted by Gasteiger charge is 2.15. The molecule has 0 saturated carbocycles. The van der Waals surface area contributed by atoms with Gasteiger partial charge in [0, 0.05) is 16.7 Å². The lowest BCUT2D eigenvalue weighted by atomic mass is 9.94. The SMILES string of the molecule is c1ccc(-c2nc(-c3ccccc3)nc(-c3cccc4ccc(-c5cccc6ccccc56)cc34)n2)cc1. The van der Waals surface area contributed by atoms with Crippen LogP contribution >= 0.6 is 0 Å². The molecule has 3 heteroatoms. The molecule has 0 atom stereocenters. The van der Waals surface area contributed by atoms with Crippen LogP contribution in [0.15, 0.2) is 140 Å². The van der Waals surface area contributed by atoms with Crippen LogP contribution in [-0.4, -0.2) is 15.0 Å². The van der Waals surface area contributed by atoms with Gasteiger partial charge in [0.15, 0.2) is 17.5 Å². The van der Waals surface area contributed by atoms with E-state index >= 15 is 0 Å². The van der Waals surface area contributed by atoms with Crippen LogP contribution in [0, 0.1) is 0 Å².